The molecule has 1 aromatic rings. The molecule has 1 heterocycles. The van der Waals surface area contributed by atoms with Crippen LogP contribution >= 0.6 is 15.9 Å². The van der Waals surface area contributed by atoms with E-state index in [2.05, 4.69) is 20.9 Å². The molecule has 15 heavy (non-hydrogen) atoms. The van der Waals surface area contributed by atoms with E-state index in [1.54, 1.807) is 13.8 Å². The van der Waals surface area contributed by atoms with Gasteiger partial charge in [0.05, 0.1) is 11.7 Å². The minimum atomic E-state index is -0.670. The van der Waals surface area contributed by atoms with Crippen LogP contribution < -0.4 is 0 Å². The number of halogens is 2. The molecule has 0 spiro atoms. The molecule has 0 unspecified atom stereocenters. The molecule has 0 saturated carbocycles. The van der Waals surface area contributed by atoms with Gasteiger partial charge in [-0.1, -0.05) is 0 Å². The molecule has 0 fully saturated rings. The molecule has 0 aromatic carbocycles. The number of rotatable bonds is 3. The third-order valence-corrected chi connectivity index (χ3v) is 2.35. The van der Waals surface area contributed by atoms with Gasteiger partial charge in [0.15, 0.2) is 0 Å². The third kappa shape index (κ3) is 3.27. The molecule has 0 amide bonds. The Kier molecular flexibility index (Phi) is 4.20. The molecule has 0 N–H and O–H groups in total. The van der Waals surface area contributed by atoms with Crippen molar-refractivity contribution in [3.63, 3.8) is 0 Å². The lowest BCUT2D eigenvalue weighted by Crippen LogP contribution is -2.12. The lowest BCUT2D eigenvalue weighted by molar-refractivity contribution is 0.0377. The average molecular weight is 276 g/mol. The minimum Gasteiger partial charge on any atom is -0.459 e. The van der Waals surface area contributed by atoms with Crippen LogP contribution in [0.15, 0.2) is 16.9 Å². The quantitative estimate of drug-likeness (QED) is 0.629. The summed E-state index contributed by atoms with van der Waals surface area (Å²) in [7, 11) is 0. The summed E-state index contributed by atoms with van der Waals surface area (Å²) in [6.07, 6.45) is 1.16. The first-order chi connectivity index (χ1) is 7.04. The van der Waals surface area contributed by atoms with Crippen LogP contribution in [-0.4, -0.2) is 17.1 Å². The highest BCUT2D eigenvalue weighted by atomic mass is 79.9. The zero-order valence-corrected chi connectivity index (χ0v) is 10.0. The summed E-state index contributed by atoms with van der Waals surface area (Å²) >= 11 is 3.09. The van der Waals surface area contributed by atoms with Crippen LogP contribution in [0.1, 0.15) is 29.8 Å². The fourth-order valence-corrected chi connectivity index (χ4v) is 1.30. The Balaban J connectivity index is 2.91. The SMILES string of the molecule is CC(C)OC(=O)c1cnc(Br)c(CF)c1. The molecular weight excluding hydrogens is 265 g/mol. The number of carbonyl (C=O) groups is 1. The van der Waals surface area contributed by atoms with Crippen LogP contribution in [0.4, 0.5) is 4.39 Å². The van der Waals surface area contributed by atoms with Crippen molar-refractivity contribution in [2.45, 2.75) is 26.6 Å². The monoisotopic (exact) mass is 275 g/mol. The Morgan fingerprint density at radius 2 is 2.33 bits per heavy atom. The summed E-state index contributed by atoms with van der Waals surface area (Å²) in [6.45, 7) is 2.83. The van der Waals surface area contributed by atoms with E-state index in [1.165, 1.54) is 12.3 Å². The summed E-state index contributed by atoms with van der Waals surface area (Å²) in [6, 6.07) is 1.43. The predicted molar refractivity (Wildman–Crippen MR) is 57.3 cm³/mol. The maximum atomic E-state index is 12.5. The van der Waals surface area contributed by atoms with Crippen molar-refractivity contribution >= 4 is 21.9 Å². The van der Waals surface area contributed by atoms with Gasteiger partial charge < -0.3 is 4.74 Å². The Morgan fingerprint density at radius 3 is 2.87 bits per heavy atom. The molecular formula is C10H11BrFNO2. The number of aromatic nitrogens is 1. The van der Waals surface area contributed by atoms with E-state index in [0.29, 0.717) is 10.2 Å². The highest BCUT2D eigenvalue weighted by Crippen LogP contribution is 2.17. The van der Waals surface area contributed by atoms with Crippen molar-refractivity contribution in [2.24, 2.45) is 0 Å². The lowest BCUT2D eigenvalue weighted by atomic mass is 10.2. The van der Waals surface area contributed by atoms with Crippen molar-refractivity contribution in [1.82, 2.24) is 4.98 Å². The van der Waals surface area contributed by atoms with Gasteiger partial charge in [-0.05, 0) is 35.8 Å². The average Bonchev–Trinajstić information content (AvgIpc) is 2.17. The van der Waals surface area contributed by atoms with Crippen molar-refractivity contribution in [3.05, 3.63) is 28.0 Å². The Bertz CT molecular complexity index is 368. The molecule has 0 saturated heterocycles. The Hall–Kier alpha value is -0.970. The Labute approximate surface area is 95.8 Å². The zero-order valence-electron chi connectivity index (χ0n) is 8.46. The second-order valence-electron chi connectivity index (χ2n) is 3.26. The van der Waals surface area contributed by atoms with Crippen molar-refractivity contribution in [1.29, 1.82) is 0 Å². The topological polar surface area (TPSA) is 39.2 Å². The number of ether oxygens (including phenoxy) is 1. The first-order valence-corrected chi connectivity index (χ1v) is 5.25. The summed E-state index contributed by atoms with van der Waals surface area (Å²) in [5, 5.41) is 0. The van der Waals surface area contributed by atoms with Gasteiger partial charge in [0.1, 0.15) is 11.3 Å². The summed E-state index contributed by atoms with van der Waals surface area (Å²) in [4.78, 5) is 15.3. The molecule has 0 aliphatic carbocycles. The number of hydrogen-bond acceptors (Lipinski definition) is 3. The molecule has 3 nitrogen and oxygen atoms in total. The minimum absolute atomic E-state index is 0.199. The van der Waals surface area contributed by atoms with Crippen LogP contribution in [0.5, 0.6) is 0 Å². The molecule has 0 aliphatic rings. The standard InChI is InChI=1S/C10H11BrFNO2/c1-6(2)15-10(14)8-3-7(4-12)9(11)13-5-8/h3,5-6H,4H2,1-2H3. The summed E-state index contributed by atoms with van der Waals surface area (Å²) in [5.41, 5.74) is 0.604. The van der Waals surface area contributed by atoms with E-state index in [1.807, 2.05) is 0 Å². The number of esters is 1. The van der Waals surface area contributed by atoms with Gasteiger partial charge in [0, 0.05) is 11.8 Å². The number of pyridine rings is 1. The molecule has 1 rings (SSSR count). The second kappa shape index (κ2) is 5.21. The number of hydrogen-bond donors (Lipinski definition) is 0. The van der Waals surface area contributed by atoms with Crippen LogP contribution in [-0.2, 0) is 11.4 Å². The van der Waals surface area contributed by atoms with E-state index in [9.17, 15) is 9.18 Å². The van der Waals surface area contributed by atoms with Gasteiger partial charge >= 0.3 is 5.97 Å². The molecule has 0 bridgehead atoms. The van der Waals surface area contributed by atoms with Crippen molar-refractivity contribution < 1.29 is 13.9 Å². The highest BCUT2D eigenvalue weighted by Gasteiger charge is 2.12. The number of nitrogens with zero attached hydrogens (tertiary/aromatic N) is 1. The van der Waals surface area contributed by atoms with Crippen molar-refractivity contribution in [2.75, 3.05) is 0 Å². The maximum absolute atomic E-state index is 12.5. The largest absolute Gasteiger partial charge is 0.459 e. The van der Waals surface area contributed by atoms with E-state index in [-0.39, 0.29) is 11.7 Å². The summed E-state index contributed by atoms with van der Waals surface area (Å²) in [5.74, 6) is -0.486. The van der Waals surface area contributed by atoms with Crippen LogP contribution in [0.2, 0.25) is 0 Å². The summed E-state index contributed by atoms with van der Waals surface area (Å²) < 4.78 is 17.8. The van der Waals surface area contributed by atoms with Gasteiger partial charge in [-0.2, -0.15) is 0 Å². The number of carbonyl (C=O) groups excluding carboxylic acids is 1. The fraction of sp³-hybridized carbons (Fsp3) is 0.400. The van der Waals surface area contributed by atoms with Crippen LogP contribution in [0.25, 0.3) is 0 Å². The molecule has 0 aliphatic heterocycles. The van der Waals surface area contributed by atoms with Gasteiger partial charge in [0.2, 0.25) is 0 Å². The first-order valence-electron chi connectivity index (χ1n) is 4.46. The van der Waals surface area contributed by atoms with Crippen LogP contribution in [0, 0.1) is 0 Å². The second-order valence-corrected chi connectivity index (χ2v) is 4.01. The van der Waals surface area contributed by atoms with E-state index in [4.69, 9.17) is 4.74 Å². The lowest BCUT2D eigenvalue weighted by Gasteiger charge is -2.08. The third-order valence-electron chi connectivity index (χ3n) is 1.63. The predicted octanol–water partition coefficient (Wildman–Crippen LogP) is 2.88. The van der Waals surface area contributed by atoms with E-state index >= 15 is 0 Å². The molecule has 82 valence electrons. The van der Waals surface area contributed by atoms with Gasteiger partial charge in [-0.25, -0.2) is 14.2 Å². The van der Waals surface area contributed by atoms with Gasteiger partial charge in [-0.3, -0.25) is 0 Å². The van der Waals surface area contributed by atoms with E-state index < -0.39 is 12.6 Å². The zero-order chi connectivity index (χ0) is 11.4. The Morgan fingerprint density at radius 1 is 1.67 bits per heavy atom. The maximum Gasteiger partial charge on any atom is 0.339 e. The van der Waals surface area contributed by atoms with Gasteiger partial charge in [0.25, 0.3) is 0 Å². The normalized spacial score (nSPS) is 10.5. The van der Waals surface area contributed by atoms with E-state index in [0.717, 1.165) is 0 Å². The smallest absolute Gasteiger partial charge is 0.339 e. The molecule has 0 radical (unpaired) electrons. The molecule has 1 aromatic heterocycles. The fourth-order valence-electron chi connectivity index (χ4n) is 0.981. The van der Waals surface area contributed by atoms with Gasteiger partial charge in [-0.15, -0.1) is 0 Å². The highest BCUT2D eigenvalue weighted by molar-refractivity contribution is 9.10. The first kappa shape index (κ1) is 12.1. The molecule has 5 heteroatoms. The number of alkyl halides is 1. The van der Waals surface area contributed by atoms with Crippen molar-refractivity contribution in [3.8, 4) is 0 Å². The van der Waals surface area contributed by atoms with Crippen LogP contribution in [0.3, 0.4) is 0 Å². The molecule has 0 atom stereocenters.